The van der Waals surface area contributed by atoms with Crippen molar-refractivity contribution in [3.05, 3.63) is 0 Å². The number of carboxylic acid groups (broad SMARTS) is 4. The standard InChI is InChI=1S/C21H31N5O13/c22-9(6-15(30)31)17(34)23-10(3-4-14(28)29)20(37)26-5-1-2-13(26)19(36)24-11(7-16(32)33)18(35)25-12(8-27)21(38)39/h9-13,27H,1-8,22H2,(H,23,34)(H,24,36)(H,25,35)(H,28,29)(H,30,31)(H,32,33)(H,38,39)/t9-,10-,11-,12-,13-/m0/s1. The zero-order valence-electron chi connectivity index (χ0n) is 20.6. The summed E-state index contributed by atoms with van der Waals surface area (Å²) in [5.74, 6) is -9.98. The van der Waals surface area contributed by atoms with Crippen LogP contribution in [0.2, 0.25) is 0 Å². The molecule has 0 radical (unpaired) electrons. The zero-order chi connectivity index (χ0) is 29.9. The zero-order valence-corrected chi connectivity index (χ0v) is 20.6. The fourth-order valence-electron chi connectivity index (χ4n) is 3.70. The highest BCUT2D eigenvalue weighted by molar-refractivity contribution is 5.97. The summed E-state index contributed by atoms with van der Waals surface area (Å²) >= 11 is 0. The lowest BCUT2D eigenvalue weighted by Crippen LogP contribution is -2.58. The third-order valence-electron chi connectivity index (χ3n) is 5.64. The summed E-state index contributed by atoms with van der Waals surface area (Å²) < 4.78 is 0. The number of likely N-dealkylation sites (tertiary alicyclic amines) is 1. The summed E-state index contributed by atoms with van der Waals surface area (Å²) in [4.78, 5) is 96.1. The van der Waals surface area contributed by atoms with Crippen LogP contribution in [0.4, 0.5) is 0 Å². The van der Waals surface area contributed by atoms with Crippen molar-refractivity contribution >= 4 is 47.5 Å². The number of nitrogens with one attached hydrogen (secondary N) is 3. The Hall–Kier alpha value is -4.32. The summed E-state index contributed by atoms with van der Waals surface area (Å²) in [7, 11) is 0. The molecule has 0 unspecified atom stereocenters. The molecule has 0 bridgehead atoms. The molecule has 1 aliphatic heterocycles. The lowest BCUT2D eigenvalue weighted by atomic mass is 10.1. The van der Waals surface area contributed by atoms with Crippen LogP contribution in [-0.2, 0) is 38.4 Å². The molecule has 0 aromatic heterocycles. The highest BCUT2D eigenvalue weighted by Crippen LogP contribution is 2.20. The molecular weight excluding hydrogens is 530 g/mol. The summed E-state index contributed by atoms with van der Waals surface area (Å²) in [5, 5.41) is 51.2. The molecule has 1 saturated heterocycles. The van der Waals surface area contributed by atoms with E-state index in [9.17, 15) is 38.4 Å². The molecule has 0 aromatic rings. The second kappa shape index (κ2) is 15.2. The van der Waals surface area contributed by atoms with Gasteiger partial charge in [-0.15, -0.1) is 0 Å². The molecule has 0 saturated carbocycles. The minimum absolute atomic E-state index is 0.0288. The van der Waals surface area contributed by atoms with Crippen LogP contribution in [0.3, 0.4) is 0 Å². The van der Waals surface area contributed by atoms with Crippen molar-refractivity contribution in [1.29, 1.82) is 0 Å². The highest BCUT2D eigenvalue weighted by Gasteiger charge is 2.40. The van der Waals surface area contributed by atoms with E-state index in [2.05, 4.69) is 10.6 Å². The van der Waals surface area contributed by atoms with E-state index in [1.165, 1.54) is 0 Å². The van der Waals surface area contributed by atoms with Crippen LogP contribution in [0.25, 0.3) is 0 Å². The van der Waals surface area contributed by atoms with E-state index in [1.807, 2.05) is 5.32 Å². The van der Waals surface area contributed by atoms with Crippen molar-refractivity contribution in [2.45, 2.75) is 68.7 Å². The van der Waals surface area contributed by atoms with Gasteiger partial charge in [-0.3, -0.25) is 33.6 Å². The molecule has 10 N–H and O–H groups in total. The second-order valence-electron chi connectivity index (χ2n) is 8.63. The Morgan fingerprint density at radius 3 is 1.90 bits per heavy atom. The van der Waals surface area contributed by atoms with Crippen LogP contribution < -0.4 is 21.7 Å². The number of rotatable bonds is 16. The van der Waals surface area contributed by atoms with Crippen molar-refractivity contribution in [2.75, 3.05) is 13.2 Å². The van der Waals surface area contributed by atoms with E-state index in [-0.39, 0.29) is 19.4 Å². The van der Waals surface area contributed by atoms with Crippen molar-refractivity contribution in [1.82, 2.24) is 20.9 Å². The van der Waals surface area contributed by atoms with Gasteiger partial charge in [0.25, 0.3) is 0 Å². The molecule has 0 spiro atoms. The number of carbonyl (C=O) groups excluding carboxylic acids is 4. The molecule has 1 heterocycles. The third kappa shape index (κ3) is 10.5. The number of hydrogen-bond acceptors (Lipinski definition) is 10. The van der Waals surface area contributed by atoms with E-state index in [0.29, 0.717) is 0 Å². The molecule has 18 nitrogen and oxygen atoms in total. The minimum atomic E-state index is -1.78. The van der Waals surface area contributed by atoms with E-state index in [0.717, 1.165) is 4.90 Å². The largest absolute Gasteiger partial charge is 0.481 e. The van der Waals surface area contributed by atoms with Gasteiger partial charge >= 0.3 is 23.9 Å². The number of nitrogens with two attached hydrogens (primary N) is 1. The number of carbonyl (C=O) groups is 8. The number of aliphatic hydroxyl groups excluding tert-OH is 1. The molecule has 0 aliphatic carbocycles. The van der Waals surface area contributed by atoms with E-state index in [1.54, 1.807) is 0 Å². The van der Waals surface area contributed by atoms with Crippen LogP contribution in [0.15, 0.2) is 0 Å². The molecule has 1 aliphatic rings. The number of aliphatic hydroxyl groups is 1. The van der Waals surface area contributed by atoms with Crippen LogP contribution in [0.1, 0.15) is 38.5 Å². The second-order valence-corrected chi connectivity index (χ2v) is 8.63. The first-order valence-corrected chi connectivity index (χ1v) is 11.6. The molecule has 4 amide bonds. The molecule has 5 atom stereocenters. The average Bonchev–Trinajstić information content (AvgIpc) is 3.33. The van der Waals surface area contributed by atoms with Crippen LogP contribution in [0.5, 0.6) is 0 Å². The minimum Gasteiger partial charge on any atom is -0.481 e. The summed E-state index contributed by atoms with van der Waals surface area (Å²) in [5.41, 5.74) is 5.50. The molecule has 0 aromatic carbocycles. The first-order chi connectivity index (χ1) is 18.2. The van der Waals surface area contributed by atoms with Crippen LogP contribution >= 0.6 is 0 Å². The van der Waals surface area contributed by atoms with Crippen molar-refractivity contribution in [3.63, 3.8) is 0 Å². The van der Waals surface area contributed by atoms with Gasteiger partial charge in [0.15, 0.2) is 0 Å². The fraction of sp³-hybridized carbons (Fsp3) is 0.619. The van der Waals surface area contributed by atoms with Gasteiger partial charge in [0, 0.05) is 13.0 Å². The van der Waals surface area contributed by atoms with Gasteiger partial charge in [0.2, 0.25) is 23.6 Å². The first kappa shape index (κ1) is 32.7. The highest BCUT2D eigenvalue weighted by atomic mass is 16.4. The van der Waals surface area contributed by atoms with Crippen LogP contribution in [-0.4, -0.2) is 121 Å². The van der Waals surface area contributed by atoms with E-state index >= 15 is 0 Å². The monoisotopic (exact) mass is 561 g/mol. The molecule has 218 valence electrons. The van der Waals surface area contributed by atoms with Crippen molar-refractivity contribution in [2.24, 2.45) is 5.73 Å². The van der Waals surface area contributed by atoms with Gasteiger partial charge < -0.3 is 52.1 Å². The van der Waals surface area contributed by atoms with Gasteiger partial charge in [-0.2, -0.15) is 0 Å². The Bertz CT molecular complexity index is 987. The normalized spacial score (nSPS) is 17.7. The molecule has 39 heavy (non-hydrogen) atoms. The Kier molecular flexibility index (Phi) is 12.7. The number of nitrogens with zero attached hydrogens (tertiary/aromatic N) is 1. The van der Waals surface area contributed by atoms with Gasteiger partial charge in [-0.1, -0.05) is 0 Å². The number of hydrogen-bond donors (Lipinski definition) is 9. The lowest BCUT2D eigenvalue weighted by Gasteiger charge is -2.30. The van der Waals surface area contributed by atoms with Crippen LogP contribution in [0, 0.1) is 0 Å². The topological polar surface area (TPSA) is 303 Å². The van der Waals surface area contributed by atoms with Crippen molar-refractivity contribution < 1.29 is 63.9 Å². The predicted molar refractivity (Wildman–Crippen MR) is 125 cm³/mol. The van der Waals surface area contributed by atoms with Gasteiger partial charge in [-0.05, 0) is 19.3 Å². The maximum absolute atomic E-state index is 13.2. The maximum Gasteiger partial charge on any atom is 0.328 e. The Morgan fingerprint density at radius 1 is 0.795 bits per heavy atom. The number of amides is 4. The summed E-state index contributed by atoms with van der Waals surface area (Å²) in [6.07, 6.45) is -2.42. The SMILES string of the molecule is N[C@@H](CC(=O)O)C(=O)N[C@@H](CCC(=O)O)C(=O)N1CCC[C@H]1C(=O)N[C@@H](CC(=O)O)C(=O)N[C@@H](CO)C(=O)O. The molecular formula is C21H31N5O13. The quantitative estimate of drug-likeness (QED) is 0.0860. The Labute approximate surface area is 220 Å². The maximum atomic E-state index is 13.2. The third-order valence-corrected chi connectivity index (χ3v) is 5.64. The Morgan fingerprint density at radius 2 is 1.38 bits per heavy atom. The summed E-state index contributed by atoms with van der Waals surface area (Å²) in [6, 6.07) is -7.88. The fourth-order valence-corrected chi connectivity index (χ4v) is 3.70. The van der Waals surface area contributed by atoms with Gasteiger partial charge in [0.1, 0.15) is 24.2 Å². The Balaban J connectivity index is 3.08. The van der Waals surface area contributed by atoms with Gasteiger partial charge in [-0.25, -0.2) is 4.79 Å². The number of aliphatic carboxylic acids is 4. The van der Waals surface area contributed by atoms with E-state index < -0.39 is 110 Å². The summed E-state index contributed by atoms with van der Waals surface area (Å²) in [6.45, 7) is -1.04. The first-order valence-electron chi connectivity index (χ1n) is 11.6. The smallest absolute Gasteiger partial charge is 0.328 e. The average molecular weight is 562 g/mol. The number of carboxylic acids is 4. The molecule has 1 fully saturated rings. The molecule has 18 heteroatoms. The van der Waals surface area contributed by atoms with Gasteiger partial charge in [0.05, 0.1) is 25.5 Å². The van der Waals surface area contributed by atoms with E-state index in [4.69, 9.17) is 31.3 Å². The lowest BCUT2D eigenvalue weighted by molar-refractivity contribution is -0.146. The molecule has 1 rings (SSSR count). The van der Waals surface area contributed by atoms with Crippen molar-refractivity contribution in [3.8, 4) is 0 Å². The predicted octanol–water partition coefficient (Wildman–Crippen LogP) is -4.35.